The second kappa shape index (κ2) is 3.19. The minimum atomic E-state index is -0.507. The van der Waals surface area contributed by atoms with Gasteiger partial charge in [-0.25, -0.2) is 0 Å². The fourth-order valence-electron chi connectivity index (χ4n) is 1.18. The van der Waals surface area contributed by atoms with E-state index in [1.807, 2.05) is 0 Å². The first-order valence-electron chi connectivity index (χ1n) is 3.74. The summed E-state index contributed by atoms with van der Waals surface area (Å²) in [6.45, 7) is 0. The largest absolute Gasteiger partial charge is 0.297 e. The van der Waals surface area contributed by atoms with E-state index in [4.69, 9.17) is 11.6 Å². The highest BCUT2D eigenvalue weighted by Gasteiger charge is 2.13. The van der Waals surface area contributed by atoms with Gasteiger partial charge >= 0.3 is 0 Å². The Morgan fingerprint density at radius 3 is 2.93 bits per heavy atom. The lowest BCUT2D eigenvalue weighted by Crippen LogP contribution is -1.92. The van der Waals surface area contributed by atoms with Crippen LogP contribution in [0.1, 0.15) is 0 Å². The molecule has 2 rings (SSSR count). The molecule has 0 fully saturated rings. The van der Waals surface area contributed by atoms with Gasteiger partial charge in [-0.15, -0.1) is 5.10 Å². The lowest BCUT2D eigenvalue weighted by atomic mass is 10.2. The van der Waals surface area contributed by atoms with E-state index in [1.165, 1.54) is 12.3 Å². The van der Waals surface area contributed by atoms with Crippen molar-refractivity contribution in [3.8, 4) is 0 Å². The third-order valence-electron chi connectivity index (χ3n) is 1.80. The van der Waals surface area contributed by atoms with Gasteiger partial charge in [-0.1, -0.05) is 23.7 Å². The Bertz CT molecular complexity index is 515. The van der Waals surface area contributed by atoms with Crippen LogP contribution >= 0.6 is 11.6 Å². The number of hydrogen-bond acceptors (Lipinski definition) is 4. The van der Waals surface area contributed by atoms with Crippen molar-refractivity contribution in [1.29, 1.82) is 0 Å². The first-order chi connectivity index (χ1) is 6.70. The van der Waals surface area contributed by atoms with Crippen molar-refractivity contribution in [2.75, 3.05) is 0 Å². The molecular formula is C8H4ClN3O2. The molecule has 0 aliphatic carbocycles. The number of nitro benzene ring substituents is 1. The van der Waals surface area contributed by atoms with Gasteiger partial charge in [-0.2, -0.15) is 5.10 Å². The van der Waals surface area contributed by atoms with Crippen LogP contribution in [0.3, 0.4) is 0 Å². The van der Waals surface area contributed by atoms with Gasteiger partial charge in [-0.3, -0.25) is 10.1 Å². The van der Waals surface area contributed by atoms with Crippen molar-refractivity contribution in [3.05, 3.63) is 39.5 Å². The summed E-state index contributed by atoms with van der Waals surface area (Å²) in [5.41, 5.74) is 0.127. The second-order valence-electron chi connectivity index (χ2n) is 2.62. The highest BCUT2D eigenvalue weighted by Crippen LogP contribution is 2.27. The zero-order valence-electron chi connectivity index (χ0n) is 6.85. The lowest BCUT2D eigenvalue weighted by molar-refractivity contribution is -0.383. The number of fused-ring (bicyclic) bond motifs is 1. The molecule has 2 aromatic rings. The summed E-state index contributed by atoms with van der Waals surface area (Å²) in [7, 11) is 0. The third kappa shape index (κ3) is 1.27. The zero-order chi connectivity index (χ0) is 10.1. The van der Waals surface area contributed by atoms with Gasteiger partial charge in [-0.05, 0) is 0 Å². The molecule has 0 saturated heterocycles. The quantitative estimate of drug-likeness (QED) is 0.533. The predicted octanol–water partition coefficient (Wildman–Crippen LogP) is 2.19. The van der Waals surface area contributed by atoms with E-state index in [9.17, 15) is 10.1 Å². The van der Waals surface area contributed by atoms with Crippen molar-refractivity contribution in [1.82, 2.24) is 10.2 Å². The molecular weight excluding hydrogens is 206 g/mol. The number of halogens is 1. The van der Waals surface area contributed by atoms with Crippen LogP contribution in [-0.2, 0) is 0 Å². The van der Waals surface area contributed by atoms with Crippen LogP contribution in [0.4, 0.5) is 5.69 Å². The molecule has 1 aromatic heterocycles. The molecule has 0 amide bonds. The van der Waals surface area contributed by atoms with Gasteiger partial charge in [0.05, 0.1) is 16.1 Å². The summed E-state index contributed by atoms with van der Waals surface area (Å²) in [4.78, 5) is 10.1. The summed E-state index contributed by atoms with van der Waals surface area (Å²) < 4.78 is 0. The monoisotopic (exact) mass is 209 g/mol. The number of hydrogen-bond donors (Lipinski definition) is 0. The van der Waals surface area contributed by atoms with E-state index in [0.717, 1.165) is 0 Å². The standard InChI is InChI=1S/C8H4ClN3O2/c9-6-4-10-11-8-5(6)2-1-3-7(8)12(13)14/h1-4H. The Morgan fingerprint density at radius 2 is 2.21 bits per heavy atom. The average Bonchev–Trinajstić information content (AvgIpc) is 2.17. The maximum Gasteiger partial charge on any atom is 0.297 e. The average molecular weight is 210 g/mol. The van der Waals surface area contributed by atoms with Crippen LogP contribution in [0.5, 0.6) is 0 Å². The Hall–Kier alpha value is -1.75. The SMILES string of the molecule is O=[N+]([O-])c1cccc2c(Cl)cnnc12. The first kappa shape index (κ1) is 8.83. The Kier molecular flexibility index (Phi) is 2.01. The third-order valence-corrected chi connectivity index (χ3v) is 2.10. The van der Waals surface area contributed by atoms with E-state index >= 15 is 0 Å². The van der Waals surface area contributed by atoms with Crippen LogP contribution in [0.15, 0.2) is 24.4 Å². The topological polar surface area (TPSA) is 68.9 Å². The minimum Gasteiger partial charge on any atom is -0.258 e. The van der Waals surface area contributed by atoms with Gasteiger partial charge in [0.15, 0.2) is 5.52 Å². The minimum absolute atomic E-state index is 0.0856. The molecule has 0 N–H and O–H groups in total. The molecule has 70 valence electrons. The zero-order valence-corrected chi connectivity index (χ0v) is 7.60. The highest BCUT2D eigenvalue weighted by molar-refractivity contribution is 6.35. The van der Waals surface area contributed by atoms with Crippen molar-refractivity contribution in [3.63, 3.8) is 0 Å². The van der Waals surface area contributed by atoms with E-state index in [0.29, 0.717) is 10.4 Å². The van der Waals surface area contributed by atoms with Crippen molar-refractivity contribution < 1.29 is 4.92 Å². The molecule has 5 nitrogen and oxygen atoms in total. The van der Waals surface area contributed by atoms with Crippen LogP contribution in [0.25, 0.3) is 10.9 Å². The van der Waals surface area contributed by atoms with Gasteiger partial charge in [0.1, 0.15) is 0 Å². The summed E-state index contributed by atoms with van der Waals surface area (Å²) in [6.07, 6.45) is 1.35. The first-order valence-corrected chi connectivity index (χ1v) is 4.12. The van der Waals surface area contributed by atoms with Gasteiger partial charge < -0.3 is 0 Å². The summed E-state index contributed by atoms with van der Waals surface area (Å²) in [5.74, 6) is 0. The fraction of sp³-hybridized carbons (Fsp3) is 0. The molecule has 0 atom stereocenters. The number of rotatable bonds is 1. The summed E-state index contributed by atoms with van der Waals surface area (Å²) in [5, 5.41) is 18.8. The molecule has 0 spiro atoms. The Balaban J connectivity index is 2.88. The number of non-ortho nitro benzene ring substituents is 1. The molecule has 1 heterocycles. The van der Waals surface area contributed by atoms with E-state index < -0.39 is 4.92 Å². The molecule has 0 aliphatic rings. The van der Waals surface area contributed by atoms with Crippen LogP contribution < -0.4 is 0 Å². The van der Waals surface area contributed by atoms with E-state index in [-0.39, 0.29) is 11.2 Å². The van der Waals surface area contributed by atoms with Crippen molar-refractivity contribution in [2.24, 2.45) is 0 Å². The van der Waals surface area contributed by atoms with Crippen molar-refractivity contribution >= 4 is 28.2 Å². The van der Waals surface area contributed by atoms with Crippen LogP contribution in [-0.4, -0.2) is 15.1 Å². The number of benzene rings is 1. The van der Waals surface area contributed by atoms with Crippen molar-refractivity contribution in [2.45, 2.75) is 0 Å². The smallest absolute Gasteiger partial charge is 0.258 e. The molecule has 0 radical (unpaired) electrons. The van der Waals surface area contributed by atoms with Gasteiger partial charge in [0.2, 0.25) is 0 Å². The molecule has 1 aromatic carbocycles. The van der Waals surface area contributed by atoms with Crippen LogP contribution in [0.2, 0.25) is 5.02 Å². The normalized spacial score (nSPS) is 10.4. The van der Waals surface area contributed by atoms with Gasteiger partial charge in [0, 0.05) is 11.5 Å². The number of nitrogens with zero attached hydrogens (tertiary/aromatic N) is 3. The number of nitro groups is 1. The summed E-state index contributed by atoms with van der Waals surface area (Å²) in [6, 6.07) is 4.60. The van der Waals surface area contributed by atoms with Crippen LogP contribution in [0, 0.1) is 10.1 Å². The highest BCUT2D eigenvalue weighted by atomic mass is 35.5. The maximum atomic E-state index is 10.6. The molecule has 6 heteroatoms. The second-order valence-corrected chi connectivity index (χ2v) is 3.03. The fourth-order valence-corrected chi connectivity index (χ4v) is 1.38. The molecule has 0 saturated carbocycles. The van der Waals surface area contributed by atoms with E-state index in [1.54, 1.807) is 12.1 Å². The summed E-state index contributed by atoms with van der Waals surface area (Å²) >= 11 is 5.81. The molecule has 0 aliphatic heterocycles. The van der Waals surface area contributed by atoms with E-state index in [2.05, 4.69) is 10.2 Å². The molecule has 14 heavy (non-hydrogen) atoms. The molecule has 0 bridgehead atoms. The van der Waals surface area contributed by atoms with Gasteiger partial charge in [0.25, 0.3) is 5.69 Å². The Labute approximate surface area is 83.5 Å². The number of aromatic nitrogens is 2. The molecule has 0 unspecified atom stereocenters. The lowest BCUT2D eigenvalue weighted by Gasteiger charge is -1.98. The Morgan fingerprint density at radius 1 is 1.43 bits per heavy atom. The predicted molar refractivity (Wildman–Crippen MR) is 51.2 cm³/mol. The maximum absolute atomic E-state index is 10.6.